The van der Waals surface area contributed by atoms with Gasteiger partial charge in [-0.05, 0) is 37.8 Å². The second-order valence-corrected chi connectivity index (χ2v) is 6.54. The standard InChI is InChI=1S/C18H22N4O2/c1-24-17-15(6-4-8-19-17)13-7-10-21(12-13)18(23)16-11-14-5-2-3-9-22(14)20-16/h4,6,8,11,13H,2-3,5,7,9-10,12H2,1H3. The van der Waals surface area contributed by atoms with Crippen molar-refractivity contribution in [3.63, 3.8) is 0 Å². The van der Waals surface area contributed by atoms with E-state index in [4.69, 9.17) is 4.74 Å². The number of amides is 1. The molecule has 2 aliphatic rings. The Hall–Kier alpha value is -2.37. The first-order valence-corrected chi connectivity index (χ1v) is 8.61. The number of rotatable bonds is 3. The number of aryl methyl sites for hydroxylation is 2. The van der Waals surface area contributed by atoms with E-state index in [1.165, 1.54) is 12.1 Å². The fourth-order valence-corrected chi connectivity index (χ4v) is 3.77. The van der Waals surface area contributed by atoms with E-state index in [-0.39, 0.29) is 11.8 Å². The van der Waals surface area contributed by atoms with Crippen molar-refractivity contribution in [2.75, 3.05) is 20.2 Å². The van der Waals surface area contributed by atoms with E-state index >= 15 is 0 Å². The van der Waals surface area contributed by atoms with Crippen LogP contribution < -0.4 is 4.74 Å². The number of aromatic nitrogens is 3. The summed E-state index contributed by atoms with van der Waals surface area (Å²) in [6.45, 7) is 2.38. The Bertz CT molecular complexity index is 732. The largest absolute Gasteiger partial charge is 0.481 e. The van der Waals surface area contributed by atoms with E-state index in [0.29, 0.717) is 18.1 Å². The Balaban J connectivity index is 1.50. The normalized spacial score (nSPS) is 20.0. The van der Waals surface area contributed by atoms with Crippen LogP contribution >= 0.6 is 0 Å². The van der Waals surface area contributed by atoms with E-state index in [1.54, 1.807) is 13.3 Å². The lowest BCUT2D eigenvalue weighted by atomic mass is 10.00. The van der Waals surface area contributed by atoms with Crippen LogP contribution in [0.4, 0.5) is 0 Å². The van der Waals surface area contributed by atoms with Gasteiger partial charge in [-0.1, -0.05) is 6.07 Å². The van der Waals surface area contributed by atoms with Gasteiger partial charge < -0.3 is 9.64 Å². The number of methoxy groups -OCH3 is 1. The molecule has 1 atom stereocenters. The van der Waals surface area contributed by atoms with Crippen LogP contribution in [0.15, 0.2) is 24.4 Å². The van der Waals surface area contributed by atoms with Gasteiger partial charge in [-0.15, -0.1) is 0 Å². The molecular weight excluding hydrogens is 304 g/mol. The molecule has 2 aromatic heterocycles. The van der Waals surface area contributed by atoms with Crippen molar-refractivity contribution in [2.45, 2.75) is 38.1 Å². The van der Waals surface area contributed by atoms with Gasteiger partial charge in [-0.3, -0.25) is 9.48 Å². The van der Waals surface area contributed by atoms with Crippen molar-refractivity contribution in [2.24, 2.45) is 0 Å². The number of ether oxygens (including phenoxy) is 1. The first-order valence-electron chi connectivity index (χ1n) is 8.61. The number of likely N-dealkylation sites (tertiary alicyclic amines) is 1. The van der Waals surface area contributed by atoms with Crippen LogP contribution in [-0.2, 0) is 13.0 Å². The minimum absolute atomic E-state index is 0.0438. The summed E-state index contributed by atoms with van der Waals surface area (Å²) in [7, 11) is 1.64. The maximum atomic E-state index is 12.8. The molecule has 0 N–H and O–H groups in total. The SMILES string of the molecule is COc1ncccc1C1CCN(C(=O)c2cc3n(n2)CCCC3)C1. The third-order valence-electron chi connectivity index (χ3n) is 5.04. The number of hydrogen-bond donors (Lipinski definition) is 0. The highest BCUT2D eigenvalue weighted by Gasteiger charge is 2.31. The van der Waals surface area contributed by atoms with Crippen molar-refractivity contribution in [3.8, 4) is 5.88 Å². The lowest BCUT2D eigenvalue weighted by Crippen LogP contribution is -2.29. The van der Waals surface area contributed by atoms with Crippen LogP contribution in [0.5, 0.6) is 5.88 Å². The quantitative estimate of drug-likeness (QED) is 0.868. The molecule has 4 heterocycles. The number of nitrogens with zero attached hydrogens (tertiary/aromatic N) is 4. The zero-order valence-corrected chi connectivity index (χ0v) is 13.9. The number of fused-ring (bicyclic) bond motifs is 1. The maximum Gasteiger partial charge on any atom is 0.274 e. The molecular formula is C18H22N4O2. The van der Waals surface area contributed by atoms with Gasteiger partial charge in [0.05, 0.1) is 7.11 Å². The third kappa shape index (κ3) is 2.66. The van der Waals surface area contributed by atoms with Crippen molar-refractivity contribution < 1.29 is 9.53 Å². The van der Waals surface area contributed by atoms with E-state index in [0.717, 1.165) is 37.9 Å². The van der Waals surface area contributed by atoms with Crippen LogP contribution in [0, 0.1) is 0 Å². The molecule has 0 bridgehead atoms. The second kappa shape index (κ2) is 6.26. The minimum Gasteiger partial charge on any atom is -0.481 e. The first kappa shape index (κ1) is 15.2. The molecule has 6 heteroatoms. The summed E-state index contributed by atoms with van der Waals surface area (Å²) in [6, 6.07) is 5.94. The monoisotopic (exact) mass is 326 g/mol. The smallest absolute Gasteiger partial charge is 0.274 e. The van der Waals surface area contributed by atoms with Gasteiger partial charge in [0.2, 0.25) is 5.88 Å². The number of carbonyl (C=O) groups is 1. The molecule has 1 unspecified atom stereocenters. The highest BCUT2D eigenvalue weighted by Crippen LogP contribution is 2.32. The summed E-state index contributed by atoms with van der Waals surface area (Å²) in [6.07, 6.45) is 6.02. The number of carbonyl (C=O) groups excluding carboxylic acids is 1. The van der Waals surface area contributed by atoms with E-state index in [1.807, 2.05) is 27.8 Å². The van der Waals surface area contributed by atoms with Crippen molar-refractivity contribution in [1.29, 1.82) is 0 Å². The Morgan fingerprint density at radius 3 is 3.08 bits per heavy atom. The fourth-order valence-electron chi connectivity index (χ4n) is 3.77. The molecule has 1 fully saturated rings. The molecule has 24 heavy (non-hydrogen) atoms. The van der Waals surface area contributed by atoms with Gasteiger partial charge in [-0.2, -0.15) is 5.10 Å². The molecule has 0 saturated carbocycles. The molecule has 0 spiro atoms. The predicted octanol–water partition coefficient (Wildman–Crippen LogP) is 2.25. The molecule has 0 radical (unpaired) electrons. The molecule has 126 valence electrons. The van der Waals surface area contributed by atoms with Gasteiger partial charge in [0.1, 0.15) is 0 Å². The lowest BCUT2D eigenvalue weighted by Gasteiger charge is -2.16. The molecule has 0 aliphatic carbocycles. The van der Waals surface area contributed by atoms with Crippen molar-refractivity contribution in [3.05, 3.63) is 41.3 Å². The fraction of sp³-hybridized carbons (Fsp3) is 0.500. The lowest BCUT2D eigenvalue weighted by molar-refractivity contribution is 0.0784. The average molecular weight is 326 g/mol. The number of pyridine rings is 1. The topological polar surface area (TPSA) is 60.2 Å². The predicted molar refractivity (Wildman–Crippen MR) is 89.2 cm³/mol. The van der Waals surface area contributed by atoms with Crippen LogP contribution in [0.3, 0.4) is 0 Å². The molecule has 1 amide bonds. The number of hydrogen-bond acceptors (Lipinski definition) is 4. The third-order valence-corrected chi connectivity index (χ3v) is 5.04. The Kier molecular flexibility index (Phi) is 3.96. The van der Waals surface area contributed by atoms with E-state index < -0.39 is 0 Å². The Morgan fingerprint density at radius 1 is 1.33 bits per heavy atom. The molecule has 0 aromatic carbocycles. The van der Waals surface area contributed by atoms with Crippen LogP contribution in [-0.4, -0.2) is 45.8 Å². The zero-order valence-electron chi connectivity index (χ0n) is 13.9. The van der Waals surface area contributed by atoms with E-state index in [9.17, 15) is 4.79 Å². The van der Waals surface area contributed by atoms with Crippen molar-refractivity contribution >= 4 is 5.91 Å². The van der Waals surface area contributed by atoms with Gasteiger partial charge in [0.25, 0.3) is 5.91 Å². The molecule has 6 nitrogen and oxygen atoms in total. The summed E-state index contributed by atoms with van der Waals surface area (Å²) in [5.41, 5.74) is 2.86. The van der Waals surface area contributed by atoms with Gasteiger partial charge in [0, 0.05) is 43.0 Å². The summed E-state index contributed by atoms with van der Waals surface area (Å²) < 4.78 is 7.36. The first-order chi connectivity index (χ1) is 11.8. The molecule has 4 rings (SSSR count). The van der Waals surface area contributed by atoms with Gasteiger partial charge in [-0.25, -0.2) is 4.98 Å². The molecule has 2 aliphatic heterocycles. The molecule has 1 saturated heterocycles. The summed E-state index contributed by atoms with van der Waals surface area (Å²) >= 11 is 0. The highest BCUT2D eigenvalue weighted by atomic mass is 16.5. The van der Waals surface area contributed by atoms with Crippen LogP contribution in [0.1, 0.15) is 46.9 Å². The Labute approximate surface area is 141 Å². The van der Waals surface area contributed by atoms with Crippen LogP contribution in [0.25, 0.3) is 0 Å². The van der Waals surface area contributed by atoms with Crippen LogP contribution in [0.2, 0.25) is 0 Å². The summed E-state index contributed by atoms with van der Waals surface area (Å²) in [5.74, 6) is 0.978. The Morgan fingerprint density at radius 2 is 2.25 bits per heavy atom. The summed E-state index contributed by atoms with van der Waals surface area (Å²) in [5, 5.41) is 4.52. The van der Waals surface area contributed by atoms with Gasteiger partial charge in [0.15, 0.2) is 5.69 Å². The average Bonchev–Trinajstić information content (AvgIpc) is 3.28. The maximum absolute atomic E-state index is 12.8. The van der Waals surface area contributed by atoms with E-state index in [2.05, 4.69) is 10.1 Å². The zero-order chi connectivity index (χ0) is 16.5. The highest BCUT2D eigenvalue weighted by molar-refractivity contribution is 5.92. The van der Waals surface area contributed by atoms with Gasteiger partial charge >= 0.3 is 0 Å². The minimum atomic E-state index is 0.0438. The van der Waals surface area contributed by atoms with Crippen molar-refractivity contribution in [1.82, 2.24) is 19.7 Å². The summed E-state index contributed by atoms with van der Waals surface area (Å²) in [4.78, 5) is 19.0. The second-order valence-electron chi connectivity index (χ2n) is 6.54. The molecule has 2 aromatic rings.